The van der Waals surface area contributed by atoms with Crippen LogP contribution in [0.5, 0.6) is 11.5 Å². The topological polar surface area (TPSA) is 35.5 Å². The molecule has 3 nitrogen and oxygen atoms in total. The van der Waals surface area contributed by atoms with Gasteiger partial charge in [-0.3, -0.25) is 4.79 Å². The molecule has 0 aliphatic heterocycles. The molecule has 0 N–H and O–H groups in total. The first-order valence-corrected chi connectivity index (χ1v) is 4.90. The van der Waals surface area contributed by atoms with Crippen LogP contribution in [0, 0.1) is 12.7 Å². The number of aryl methyl sites for hydroxylation is 1. The van der Waals surface area contributed by atoms with Gasteiger partial charge in [-0.1, -0.05) is 0 Å². The lowest BCUT2D eigenvalue weighted by molar-refractivity contribution is -0.116. The number of carbonyl (C=O) groups is 1. The fourth-order valence-electron chi connectivity index (χ4n) is 1.65. The third-order valence-electron chi connectivity index (χ3n) is 2.28. The SMILES string of the molecule is COc1c(C)cc(CC(C)=O)c(F)c1OC. The number of hydrogen-bond acceptors (Lipinski definition) is 3. The molecule has 0 amide bonds. The number of halogens is 1. The molecular weight excluding hydrogens is 211 g/mol. The zero-order valence-electron chi connectivity index (χ0n) is 9.89. The monoisotopic (exact) mass is 226 g/mol. The molecule has 16 heavy (non-hydrogen) atoms. The lowest BCUT2D eigenvalue weighted by Crippen LogP contribution is -2.04. The molecule has 4 heteroatoms. The van der Waals surface area contributed by atoms with Crippen LogP contribution in [0.3, 0.4) is 0 Å². The summed E-state index contributed by atoms with van der Waals surface area (Å²) in [7, 11) is 2.83. The Kier molecular flexibility index (Phi) is 3.88. The number of Topliss-reactive ketones (excluding diaryl/α,β-unsaturated/α-hetero) is 1. The van der Waals surface area contributed by atoms with E-state index in [1.54, 1.807) is 13.0 Å². The van der Waals surface area contributed by atoms with Crippen molar-refractivity contribution in [2.75, 3.05) is 14.2 Å². The van der Waals surface area contributed by atoms with E-state index in [-0.39, 0.29) is 18.0 Å². The van der Waals surface area contributed by atoms with Crippen LogP contribution >= 0.6 is 0 Å². The molecule has 0 bridgehead atoms. The van der Waals surface area contributed by atoms with Crippen LogP contribution in [0.1, 0.15) is 18.1 Å². The molecule has 0 atom stereocenters. The minimum absolute atomic E-state index is 0.0544. The third-order valence-corrected chi connectivity index (χ3v) is 2.28. The minimum atomic E-state index is -0.528. The molecule has 0 saturated heterocycles. The fourth-order valence-corrected chi connectivity index (χ4v) is 1.65. The summed E-state index contributed by atoms with van der Waals surface area (Å²) in [6, 6.07) is 1.61. The largest absolute Gasteiger partial charge is 0.492 e. The average molecular weight is 226 g/mol. The van der Waals surface area contributed by atoms with Gasteiger partial charge in [0.2, 0.25) is 0 Å². The normalized spacial score (nSPS) is 10.1. The Morgan fingerprint density at radius 3 is 2.31 bits per heavy atom. The molecule has 0 saturated carbocycles. The number of ether oxygens (including phenoxy) is 2. The number of ketones is 1. The van der Waals surface area contributed by atoms with Crippen LogP contribution in [0.2, 0.25) is 0 Å². The van der Waals surface area contributed by atoms with Crippen LogP contribution in [0.15, 0.2) is 6.07 Å². The second kappa shape index (κ2) is 4.96. The zero-order chi connectivity index (χ0) is 12.3. The second-order valence-corrected chi connectivity index (χ2v) is 3.61. The lowest BCUT2D eigenvalue weighted by Gasteiger charge is -2.13. The number of benzene rings is 1. The molecule has 0 aromatic heterocycles. The Bertz CT molecular complexity index is 413. The standard InChI is InChI=1S/C12H15FO3/c1-7-5-9(6-8(2)14)10(13)12(16-4)11(7)15-3/h5H,6H2,1-4H3. The highest BCUT2D eigenvalue weighted by atomic mass is 19.1. The van der Waals surface area contributed by atoms with Crippen molar-refractivity contribution in [3.05, 3.63) is 23.0 Å². The number of hydrogen-bond donors (Lipinski definition) is 0. The van der Waals surface area contributed by atoms with Crippen molar-refractivity contribution in [3.63, 3.8) is 0 Å². The summed E-state index contributed by atoms with van der Waals surface area (Å²) in [5.41, 5.74) is 1.08. The fraction of sp³-hybridized carbons (Fsp3) is 0.417. The van der Waals surface area contributed by atoms with Gasteiger partial charge >= 0.3 is 0 Å². The van der Waals surface area contributed by atoms with Gasteiger partial charge in [0.1, 0.15) is 5.78 Å². The molecule has 1 aromatic carbocycles. The predicted octanol–water partition coefficient (Wildman–Crippen LogP) is 2.28. The summed E-state index contributed by atoms with van der Waals surface area (Å²) < 4.78 is 23.9. The zero-order valence-corrected chi connectivity index (χ0v) is 9.89. The van der Waals surface area contributed by atoms with E-state index in [2.05, 4.69) is 0 Å². The molecular formula is C12H15FO3. The van der Waals surface area contributed by atoms with Crippen molar-refractivity contribution in [3.8, 4) is 11.5 Å². The van der Waals surface area contributed by atoms with Crippen molar-refractivity contribution in [2.45, 2.75) is 20.3 Å². The minimum Gasteiger partial charge on any atom is -0.492 e. The van der Waals surface area contributed by atoms with Crippen LogP contribution < -0.4 is 9.47 Å². The van der Waals surface area contributed by atoms with E-state index in [0.717, 1.165) is 5.56 Å². The quantitative estimate of drug-likeness (QED) is 0.790. The maximum Gasteiger partial charge on any atom is 0.197 e. The highest BCUT2D eigenvalue weighted by Crippen LogP contribution is 2.35. The average Bonchev–Trinajstić information content (AvgIpc) is 2.21. The Hall–Kier alpha value is -1.58. The molecule has 0 radical (unpaired) electrons. The van der Waals surface area contributed by atoms with E-state index in [4.69, 9.17) is 9.47 Å². The van der Waals surface area contributed by atoms with E-state index in [9.17, 15) is 9.18 Å². The Labute approximate surface area is 94.2 Å². The first-order chi connectivity index (χ1) is 7.51. The van der Waals surface area contributed by atoms with Gasteiger partial charge in [-0.25, -0.2) is 4.39 Å². The van der Waals surface area contributed by atoms with Gasteiger partial charge < -0.3 is 9.47 Å². The van der Waals surface area contributed by atoms with E-state index >= 15 is 0 Å². The molecule has 0 aliphatic carbocycles. The number of methoxy groups -OCH3 is 2. The third kappa shape index (κ3) is 2.32. The Balaban J connectivity index is 3.33. The van der Waals surface area contributed by atoms with Gasteiger partial charge in [0, 0.05) is 6.42 Å². The second-order valence-electron chi connectivity index (χ2n) is 3.61. The first-order valence-electron chi connectivity index (χ1n) is 4.90. The lowest BCUT2D eigenvalue weighted by atomic mass is 10.0. The van der Waals surface area contributed by atoms with Crippen LogP contribution in [0.25, 0.3) is 0 Å². The molecule has 0 fully saturated rings. The smallest absolute Gasteiger partial charge is 0.197 e. The molecule has 0 unspecified atom stereocenters. The molecule has 0 aliphatic rings. The first kappa shape index (κ1) is 12.5. The molecule has 0 spiro atoms. The number of rotatable bonds is 4. The van der Waals surface area contributed by atoms with Crippen molar-refractivity contribution in [1.29, 1.82) is 0 Å². The van der Waals surface area contributed by atoms with E-state index < -0.39 is 5.82 Å². The molecule has 0 heterocycles. The Morgan fingerprint density at radius 1 is 1.31 bits per heavy atom. The van der Waals surface area contributed by atoms with Crippen LogP contribution in [-0.2, 0) is 11.2 Å². The van der Waals surface area contributed by atoms with Gasteiger partial charge in [-0.2, -0.15) is 0 Å². The molecule has 1 rings (SSSR count). The van der Waals surface area contributed by atoms with Gasteiger partial charge in [-0.15, -0.1) is 0 Å². The maximum absolute atomic E-state index is 13.9. The summed E-state index contributed by atoms with van der Waals surface area (Å²) in [4.78, 5) is 11.0. The van der Waals surface area contributed by atoms with E-state index in [0.29, 0.717) is 11.3 Å². The molecule has 88 valence electrons. The highest BCUT2D eigenvalue weighted by Gasteiger charge is 2.18. The summed E-state index contributed by atoms with van der Waals surface area (Å²) in [6.07, 6.45) is 0.0625. The van der Waals surface area contributed by atoms with Gasteiger partial charge in [0.15, 0.2) is 17.3 Å². The van der Waals surface area contributed by atoms with Gasteiger partial charge in [0.05, 0.1) is 14.2 Å². The van der Waals surface area contributed by atoms with Crippen molar-refractivity contribution in [2.24, 2.45) is 0 Å². The van der Waals surface area contributed by atoms with Crippen molar-refractivity contribution < 1.29 is 18.7 Å². The number of carbonyl (C=O) groups excluding carboxylic acids is 1. The highest BCUT2D eigenvalue weighted by molar-refractivity contribution is 5.78. The van der Waals surface area contributed by atoms with Crippen molar-refractivity contribution >= 4 is 5.78 Å². The van der Waals surface area contributed by atoms with Crippen molar-refractivity contribution in [1.82, 2.24) is 0 Å². The van der Waals surface area contributed by atoms with Gasteiger partial charge in [0.25, 0.3) is 0 Å². The summed E-state index contributed by atoms with van der Waals surface area (Å²) in [5, 5.41) is 0. The van der Waals surface area contributed by atoms with E-state index in [1.807, 2.05) is 0 Å². The van der Waals surface area contributed by atoms with Crippen LogP contribution in [-0.4, -0.2) is 20.0 Å². The van der Waals surface area contributed by atoms with E-state index in [1.165, 1.54) is 21.1 Å². The summed E-state index contributed by atoms with van der Waals surface area (Å²) in [6.45, 7) is 3.20. The van der Waals surface area contributed by atoms with Gasteiger partial charge in [-0.05, 0) is 31.0 Å². The Morgan fingerprint density at radius 2 is 1.88 bits per heavy atom. The maximum atomic E-state index is 13.9. The summed E-state index contributed by atoms with van der Waals surface area (Å²) >= 11 is 0. The summed E-state index contributed by atoms with van der Waals surface area (Å²) in [5.74, 6) is -0.197. The molecule has 1 aromatic rings. The van der Waals surface area contributed by atoms with Crippen LogP contribution in [0.4, 0.5) is 4.39 Å². The predicted molar refractivity (Wildman–Crippen MR) is 58.6 cm³/mol.